The topological polar surface area (TPSA) is 100 Å². The van der Waals surface area contributed by atoms with Gasteiger partial charge in [-0.2, -0.15) is 0 Å². The van der Waals surface area contributed by atoms with Crippen LogP contribution in [0.2, 0.25) is 0 Å². The van der Waals surface area contributed by atoms with Crippen LogP contribution in [0, 0.1) is 6.92 Å². The highest BCUT2D eigenvalue weighted by atomic mass is 32.2. The van der Waals surface area contributed by atoms with E-state index in [2.05, 4.69) is 9.97 Å². The monoisotopic (exact) mass is 361 g/mol. The Morgan fingerprint density at radius 2 is 1.92 bits per heavy atom. The number of aliphatic hydroxyl groups excluding tert-OH is 1. The van der Waals surface area contributed by atoms with Gasteiger partial charge < -0.3 is 10.0 Å². The number of carbonyl (C=O) groups excluding carboxylic acids is 1. The smallest absolute Gasteiger partial charge is 0.257 e. The highest BCUT2D eigenvalue weighted by Crippen LogP contribution is 2.21. The first-order chi connectivity index (χ1) is 11.8. The molecule has 1 saturated heterocycles. The first-order valence-corrected chi connectivity index (χ1v) is 9.65. The molecule has 1 aliphatic rings. The minimum atomic E-state index is -3.33. The van der Waals surface area contributed by atoms with Crippen LogP contribution in [0.3, 0.4) is 0 Å². The number of aromatic nitrogens is 2. The van der Waals surface area contributed by atoms with Crippen LogP contribution in [0.5, 0.6) is 0 Å². The Labute approximate surface area is 146 Å². The fourth-order valence-electron chi connectivity index (χ4n) is 2.92. The lowest BCUT2D eigenvalue weighted by Crippen LogP contribution is -2.44. The molecular weight excluding hydrogens is 342 g/mol. The van der Waals surface area contributed by atoms with E-state index in [0.717, 1.165) is 5.56 Å². The molecule has 2 atom stereocenters. The fraction of sp³-hybridized carbons (Fsp3) is 0.353. The number of sulfone groups is 1. The van der Waals surface area contributed by atoms with Crippen molar-refractivity contribution in [3.8, 4) is 11.4 Å². The van der Waals surface area contributed by atoms with E-state index in [0.29, 0.717) is 17.1 Å². The second-order valence-electron chi connectivity index (χ2n) is 6.19. The number of benzene rings is 1. The Balaban J connectivity index is 1.85. The molecule has 0 aliphatic carbocycles. The van der Waals surface area contributed by atoms with Crippen LogP contribution in [0.1, 0.15) is 16.1 Å². The minimum Gasteiger partial charge on any atom is -0.390 e. The van der Waals surface area contributed by atoms with E-state index in [9.17, 15) is 18.3 Å². The average Bonchev–Trinajstić information content (AvgIpc) is 2.87. The van der Waals surface area contributed by atoms with Crippen molar-refractivity contribution in [3.05, 3.63) is 47.8 Å². The molecule has 0 radical (unpaired) electrons. The quantitative estimate of drug-likeness (QED) is 0.863. The molecule has 7 nitrogen and oxygen atoms in total. The molecule has 2 heterocycles. The molecule has 3 rings (SSSR count). The third-order valence-corrected chi connectivity index (χ3v) is 6.05. The van der Waals surface area contributed by atoms with Crippen molar-refractivity contribution in [2.75, 3.05) is 18.6 Å². The molecule has 1 aromatic heterocycles. The van der Waals surface area contributed by atoms with Gasteiger partial charge in [-0.25, -0.2) is 18.4 Å². The van der Waals surface area contributed by atoms with Gasteiger partial charge in [0.1, 0.15) is 0 Å². The number of likely N-dealkylation sites (N-methyl/N-ethyl adjacent to an activating group) is 1. The number of hydrogen-bond acceptors (Lipinski definition) is 6. The first kappa shape index (κ1) is 17.5. The summed E-state index contributed by atoms with van der Waals surface area (Å²) in [6.07, 6.45) is 0.364. The molecule has 132 valence electrons. The average molecular weight is 361 g/mol. The van der Waals surface area contributed by atoms with E-state index in [-0.39, 0.29) is 11.5 Å². The van der Waals surface area contributed by atoms with Crippen LogP contribution in [-0.4, -0.2) is 65.0 Å². The lowest BCUT2D eigenvalue weighted by molar-refractivity contribution is 0.0579. The minimum absolute atomic E-state index is 0.238. The predicted molar refractivity (Wildman–Crippen MR) is 92.7 cm³/mol. The van der Waals surface area contributed by atoms with E-state index in [4.69, 9.17) is 0 Å². The molecular formula is C17H19N3O4S. The predicted octanol–water partition coefficient (Wildman–Crippen LogP) is 0.682. The molecule has 1 aromatic carbocycles. The van der Waals surface area contributed by atoms with Gasteiger partial charge in [-0.3, -0.25) is 4.79 Å². The highest BCUT2D eigenvalue weighted by molar-refractivity contribution is 7.91. The highest BCUT2D eigenvalue weighted by Gasteiger charge is 2.40. The number of hydrogen-bond donors (Lipinski definition) is 1. The number of aryl methyl sites for hydroxylation is 1. The zero-order valence-corrected chi connectivity index (χ0v) is 14.8. The molecule has 1 N–H and O–H groups in total. The number of nitrogens with zero attached hydrogens (tertiary/aromatic N) is 3. The summed E-state index contributed by atoms with van der Waals surface area (Å²) in [4.78, 5) is 22.6. The van der Waals surface area contributed by atoms with E-state index in [1.165, 1.54) is 18.1 Å². The Morgan fingerprint density at radius 3 is 2.48 bits per heavy atom. The molecule has 0 saturated carbocycles. The summed E-state index contributed by atoms with van der Waals surface area (Å²) in [7, 11) is -1.85. The first-order valence-electron chi connectivity index (χ1n) is 7.83. The van der Waals surface area contributed by atoms with Crippen molar-refractivity contribution in [1.82, 2.24) is 14.9 Å². The number of aliphatic hydroxyl groups is 1. The van der Waals surface area contributed by atoms with Crippen molar-refractivity contribution < 1.29 is 18.3 Å². The van der Waals surface area contributed by atoms with Gasteiger partial charge in [0.15, 0.2) is 15.7 Å². The number of carbonyl (C=O) groups is 1. The van der Waals surface area contributed by atoms with E-state index < -0.39 is 27.9 Å². The third kappa shape index (κ3) is 3.54. The van der Waals surface area contributed by atoms with Crippen LogP contribution in [0.25, 0.3) is 11.4 Å². The summed E-state index contributed by atoms with van der Waals surface area (Å²) in [5.74, 6) is -0.449. The van der Waals surface area contributed by atoms with Crippen molar-refractivity contribution >= 4 is 15.7 Å². The fourth-order valence-corrected chi connectivity index (χ4v) is 4.77. The van der Waals surface area contributed by atoms with Gasteiger partial charge in [0.05, 0.1) is 34.9 Å². The molecule has 2 unspecified atom stereocenters. The van der Waals surface area contributed by atoms with E-state index in [1.54, 1.807) is 6.92 Å². The second kappa shape index (κ2) is 6.53. The number of rotatable bonds is 3. The van der Waals surface area contributed by atoms with Crippen molar-refractivity contribution in [2.24, 2.45) is 0 Å². The standard InChI is InChI=1S/C17H19N3O4S/c1-11-13(8-18-16(19-11)12-6-4-3-5-7-12)17(22)20(2)14-9-25(23,24)10-15(14)21/h3-8,14-15,21H,9-10H2,1-2H3. The van der Waals surface area contributed by atoms with Gasteiger partial charge in [0.2, 0.25) is 0 Å². The van der Waals surface area contributed by atoms with Gasteiger partial charge in [0, 0.05) is 18.8 Å². The van der Waals surface area contributed by atoms with Gasteiger partial charge >= 0.3 is 0 Å². The zero-order chi connectivity index (χ0) is 18.2. The maximum atomic E-state index is 12.7. The molecule has 8 heteroatoms. The largest absolute Gasteiger partial charge is 0.390 e. The van der Waals surface area contributed by atoms with Crippen LogP contribution in [0.4, 0.5) is 0 Å². The SMILES string of the molecule is Cc1nc(-c2ccccc2)ncc1C(=O)N(C)C1CS(=O)(=O)CC1O. The van der Waals surface area contributed by atoms with E-state index >= 15 is 0 Å². The van der Waals surface area contributed by atoms with Crippen LogP contribution in [0.15, 0.2) is 36.5 Å². The Bertz CT molecular complexity index is 899. The van der Waals surface area contributed by atoms with Gasteiger partial charge in [0.25, 0.3) is 5.91 Å². The summed E-state index contributed by atoms with van der Waals surface area (Å²) in [5, 5.41) is 9.95. The number of amides is 1. The molecule has 2 aromatic rings. The normalized spacial score (nSPS) is 21.9. The van der Waals surface area contributed by atoms with Crippen LogP contribution in [-0.2, 0) is 9.84 Å². The maximum absolute atomic E-state index is 12.7. The Hall–Kier alpha value is -2.32. The Kier molecular flexibility index (Phi) is 4.57. The summed E-state index contributed by atoms with van der Waals surface area (Å²) in [6, 6.07) is 8.64. The van der Waals surface area contributed by atoms with Gasteiger partial charge in [-0.05, 0) is 6.92 Å². The van der Waals surface area contributed by atoms with Gasteiger partial charge in [-0.1, -0.05) is 30.3 Å². The summed E-state index contributed by atoms with van der Waals surface area (Å²) < 4.78 is 23.3. The Morgan fingerprint density at radius 1 is 1.24 bits per heavy atom. The lowest BCUT2D eigenvalue weighted by Gasteiger charge is -2.26. The molecule has 1 fully saturated rings. The van der Waals surface area contributed by atoms with Gasteiger partial charge in [-0.15, -0.1) is 0 Å². The molecule has 25 heavy (non-hydrogen) atoms. The second-order valence-corrected chi connectivity index (χ2v) is 8.34. The molecule has 1 amide bonds. The summed E-state index contributed by atoms with van der Waals surface area (Å²) in [5.41, 5.74) is 1.63. The summed E-state index contributed by atoms with van der Waals surface area (Å²) >= 11 is 0. The van der Waals surface area contributed by atoms with E-state index in [1.807, 2.05) is 30.3 Å². The third-order valence-electron chi connectivity index (χ3n) is 4.35. The molecule has 1 aliphatic heterocycles. The van der Waals surface area contributed by atoms with Crippen molar-refractivity contribution in [3.63, 3.8) is 0 Å². The van der Waals surface area contributed by atoms with Crippen molar-refractivity contribution in [1.29, 1.82) is 0 Å². The molecule has 0 spiro atoms. The van der Waals surface area contributed by atoms with Crippen molar-refractivity contribution in [2.45, 2.75) is 19.1 Å². The van der Waals surface area contributed by atoms with Crippen LogP contribution < -0.4 is 0 Å². The lowest BCUT2D eigenvalue weighted by atomic mass is 10.1. The zero-order valence-electron chi connectivity index (χ0n) is 14.0. The summed E-state index contributed by atoms with van der Waals surface area (Å²) in [6.45, 7) is 1.71. The maximum Gasteiger partial charge on any atom is 0.257 e. The van der Waals surface area contributed by atoms with Crippen LogP contribution >= 0.6 is 0 Å². The molecule has 0 bridgehead atoms.